The third kappa shape index (κ3) is 4.22. The molecular formula is C9H22O3Si. The fraction of sp³-hybridized carbons (Fsp3) is 1.00. The van der Waals surface area contributed by atoms with Gasteiger partial charge in [0.2, 0.25) is 0 Å². The molecule has 4 heteroatoms. The van der Waals surface area contributed by atoms with E-state index in [0.29, 0.717) is 13.2 Å². The summed E-state index contributed by atoms with van der Waals surface area (Å²) in [5, 5.41) is 9.84. The fourth-order valence-corrected chi connectivity index (χ4v) is 3.77. The van der Waals surface area contributed by atoms with Gasteiger partial charge in [0.1, 0.15) is 0 Å². The number of rotatable bonds is 7. The number of hydrogen-bond acceptors (Lipinski definition) is 3. The molecule has 0 aromatic heterocycles. The highest BCUT2D eigenvalue weighted by Crippen LogP contribution is 2.16. The Labute approximate surface area is 82.3 Å². The van der Waals surface area contributed by atoms with E-state index in [1.807, 2.05) is 20.4 Å². The summed E-state index contributed by atoms with van der Waals surface area (Å²) >= 11 is 0. The van der Waals surface area contributed by atoms with Crippen LogP contribution in [-0.2, 0) is 8.85 Å². The van der Waals surface area contributed by atoms with Gasteiger partial charge < -0.3 is 14.0 Å². The Morgan fingerprint density at radius 2 is 1.62 bits per heavy atom. The maximum absolute atomic E-state index is 9.84. The molecule has 0 aliphatic rings. The summed E-state index contributed by atoms with van der Waals surface area (Å²) in [5.41, 5.74) is -0.405. The molecule has 0 aliphatic carbocycles. The van der Waals surface area contributed by atoms with Crippen LogP contribution in [0.5, 0.6) is 0 Å². The van der Waals surface area contributed by atoms with Gasteiger partial charge in [-0.3, -0.25) is 0 Å². The lowest BCUT2D eigenvalue weighted by atomic mass is 10.4. The van der Waals surface area contributed by atoms with Crippen molar-refractivity contribution in [1.29, 1.82) is 0 Å². The second-order valence-electron chi connectivity index (χ2n) is 3.19. The molecule has 0 fully saturated rings. The van der Waals surface area contributed by atoms with E-state index in [1.165, 1.54) is 0 Å². The van der Waals surface area contributed by atoms with E-state index in [4.69, 9.17) is 8.85 Å². The molecule has 0 saturated heterocycles. The second-order valence-corrected chi connectivity index (χ2v) is 6.46. The molecule has 1 unspecified atom stereocenters. The zero-order valence-corrected chi connectivity index (χ0v) is 10.2. The van der Waals surface area contributed by atoms with Crippen molar-refractivity contribution in [3.8, 4) is 0 Å². The molecule has 13 heavy (non-hydrogen) atoms. The van der Waals surface area contributed by atoms with Gasteiger partial charge in [0, 0.05) is 13.2 Å². The number of aliphatic hydroxyl groups excluding tert-OH is 1. The molecule has 3 nitrogen and oxygen atoms in total. The van der Waals surface area contributed by atoms with Crippen LogP contribution in [0.25, 0.3) is 0 Å². The first-order chi connectivity index (χ1) is 6.10. The predicted molar refractivity (Wildman–Crippen MR) is 55.8 cm³/mol. The molecule has 0 radical (unpaired) electrons. The molecule has 1 atom stereocenters. The van der Waals surface area contributed by atoms with E-state index in [-0.39, 0.29) is 0 Å². The highest BCUT2D eigenvalue weighted by atomic mass is 28.4. The minimum Gasteiger partial charge on any atom is -0.393 e. The zero-order chi connectivity index (χ0) is 10.3. The van der Waals surface area contributed by atoms with Crippen molar-refractivity contribution in [2.24, 2.45) is 0 Å². The molecule has 0 bridgehead atoms. The van der Waals surface area contributed by atoms with Gasteiger partial charge in [0.15, 0.2) is 0 Å². The molecule has 0 heterocycles. The van der Waals surface area contributed by atoms with Gasteiger partial charge in [-0.25, -0.2) is 0 Å². The smallest absolute Gasteiger partial charge is 0.364 e. The Morgan fingerprint density at radius 3 is 1.92 bits per heavy atom. The molecular weight excluding hydrogens is 184 g/mol. The molecule has 0 aromatic rings. The average molecular weight is 206 g/mol. The highest BCUT2D eigenvalue weighted by Gasteiger charge is 2.39. The lowest BCUT2D eigenvalue weighted by Gasteiger charge is -2.30. The van der Waals surface area contributed by atoms with E-state index in [2.05, 4.69) is 6.92 Å². The molecule has 0 rings (SSSR count). The number of aliphatic hydroxyl groups is 1. The molecule has 0 spiro atoms. The van der Waals surface area contributed by atoms with E-state index in [9.17, 15) is 5.11 Å². The summed E-state index contributed by atoms with van der Waals surface area (Å²) in [6.07, 6.45) is 1.73. The van der Waals surface area contributed by atoms with Gasteiger partial charge >= 0.3 is 8.56 Å². The quantitative estimate of drug-likeness (QED) is 0.646. The Kier molecular flexibility index (Phi) is 6.58. The Hall–Kier alpha value is 0.0969. The van der Waals surface area contributed by atoms with Crippen LogP contribution in [0.3, 0.4) is 0 Å². The SMILES string of the molecule is CCCC(O)[Si](C)(OCC)OCC. The van der Waals surface area contributed by atoms with Gasteiger partial charge in [-0.2, -0.15) is 0 Å². The topological polar surface area (TPSA) is 38.7 Å². The molecule has 80 valence electrons. The Bertz CT molecular complexity index is 124. The summed E-state index contributed by atoms with van der Waals surface area (Å²) in [7, 11) is -2.32. The molecule has 0 amide bonds. The van der Waals surface area contributed by atoms with Crippen LogP contribution in [0.2, 0.25) is 6.55 Å². The Morgan fingerprint density at radius 1 is 1.15 bits per heavy atom. The van der Waals surface area contributed by atoms with Crippen LogP contribution in [-0.4, -0.2) is 32.6 Å². The van der Waals surface area contributed by atoms with Gasteiger partial charge in [0.05, 0.1) is 5.73 Å². The summed E-state index contributed by atoms with van der Waals surface area (Å²) in [6.45, 7) is 9.08. The van der Waals surface area contributed by atoms with Crippen LogP contribution in [0.1, 0.15) is 33.6 Å². The van der Waals surface area contributed by atoms with Crippen molar-refractivity contribution in [1.82, 2.24) is 0 Å². The third-order valence-corrected chi connectivity index (χ3v) is 5.25. The van der Waals surface area contributed by atoms with Gasteiger partial charge in [-0.1, -0.05) is 13.3 Å². The van der Waals surface area contributed by atoms with Crippen molar-refractivity contribution in [3.05, 3.63) is 0 Å². The lowest BCUT2D eigenvalue weighted by Crippen LogP contribution is -2.50. The monoisotopic (exact) mass is 206 g/mol. The van der Waals surface area contributed by atoms with Gasteiger partial charge in [-0.15, -0.1) is 0 Å². The van der Waals surface area contributed by atoms with Crippen LogP contribution in [0.15, 0.2) is 0 Å². The van der Waals surface area contributed by atoms with E-state index in [0.717, 1.165) is 12.8 Å². The summed E-state index contributed by atoms with van der Waals surface area (Å²) in [4.78, 5) is 0. The van der Waals surface area contributed by atoms with Crippen molar-refractivity contribution in [3.63, 3.8) is 0 Å². The van der Waals surface area contributed by atoms with Gasteiger partial charge in [0.25, 0.3) is 0 Å². The van der Waals surface area contributed by atoms with Crippen molar-refractivity contribution < 1.29 is 14.0 Å². The fourth-order valence-electron chi connectivity index (χ4n) is 1.34. The minimum atomic E-state index is -2.32. The largest absolute Gasteiger partial charge is 0.393 e. The minimum absolute atomic E-state index is 0.405. The maximum Gasteiger partial charge on any atom is 0.364 e. The molecule has 0 saturated carbocycles. The van der Waals surface area contributed by atoms with E-state index >= 15 is 0 Å². The normalized spacial score (nSPS) is 14.5. The summed E-state index contributed by atoms with van der Waals surface area (Å²) < 4.78 is 11.1. The van der Waals surface area contributed by atoms with Crippen LogP contribution in [0, 0.1) is 0 Å². The van der Waals surface area contributed by atoms with E-state index < -0.39 is 14.3 Å². The summed E-state index contributed by atoms with van der Waals surface area (Å²) in [5.74, 6) is 0. The maximum atomic E-state index is 9.84. The third-order valence-electron chi connectivity index (χ3n) is 2.03. The van der Waals surface area contributed by atoms with Crippen LogP contribution in [0.4, 0.5) is 0 Å². The Balaban J connectivity index is 4.18. The van der Waals surface area contributed by atoms with Crippen molar-refractivity contribution in [2.75, 3.05) is 13.2 Å². The number of hydrogen-bond donors (Lipinski definition) is 1. The predicted octanol–water partition coefficient (Wildman–Crippen LogP) is 1.83. The first-order valence-electron chi connectivity index (χ1n) is 5.06. The molecule has 1 N–H and O–H groups in total. The first-order valence-corrected chi connectivity index (χ1v) is 7.46. The molecule has 0 aromatic carbocycles. The average Bonchev–Trinajstić information content (AvgIpc) is 2.05. The van der Waals surface area contributed by atoms with Crippen LogP contribution >= 0.6 is 0 Å². The van der Waals surface area contributed by atoms with E-state index in [1.54, 1.807) is 0 Å². The summed E-state index contributed by atoms with van der Waals surface area (Å²) in [6, 6.07) is 0. The zero-order valence-electron chi connectivity index (χ0n) is 9.17. The first kappa shape index (κ1) is 13.1. The van der Waals surface area contributed by atoms with Crippen molar-refractivity contribution >= 4 is 8.56 Å². The lowest BCUT2D eigenvalue weighted by molar-refractivity contribution is 0.111. The van der Waals surface area contributed by atoms with Crippen LogP contribution < -0.4 is 0 Å². The highest BCUT2D eigenvalue weighted by molar-refractivity contribution is 6.67. The molecule has 0 aliphatic heterocycles. The van der Waals surface area contributed by atoms with Crippen molar-refractivity contribution in [2.45, 2.75) is 45.9 Å². The standard InChI is InChI=1S/C9H22O3Si/c1-5-8-9(10)13(4,11-6-2)12-7-3/h9-10H,5-8H2,1-4H3. The van der Waals surface area contributed by atoms with Gasteiger partial charge in [-0.05, 0) is 26.8 Å². The second kappa shape index (κ2) is 6.54.